The van der Waals surface area contributed by atoms with Crippen molar-refractivity contribution in [1.29, 1.82) is 0 Å². The first-order valence-electron chi connectivity index (χ1n) is 11.5. The molecule has 2 N–H and O–H groups in total. The van der Waals surface area contributed by atoms with E-state index in [4.69, 9.17) is 27.9 Å². The Hall–Kier alpha value is -2.97. The van der Waals surface area contributed by atoms with Crippen molar-refractivity contribution >= 4 is 52.5 Å². The molecule has 0 spiro atoms. The molecule has 2 rings (SSSR count). The van der Waals surface area contributed by atoms with Crippen molar-refractivity contribution in [3.05, 3.63) is 58.8 Å². The molecular formula is C25H32Cl2N4O4. The summed E-state index contributed by atoms with van der Waals surface area (Å²) < 4.78 is 4.86. The molecule has 8 nitrogen and oxygen atoms in total. The fourth-order valence-corrected chi connectivity index (χ4v) is 3.79. The Morgan fingerprint density at radius 1 is 1.09 bits per heavy atom. The van der Waals surface area contributed by atoms with Crippen molar-refractivity contribution in [2.75, 3.05) is 43.0 Å². The van der Waals surface area contributed by atoms with Crippen molar-refractivity contribution < 1.29 is 19.1 Å². The lowest BCUT2D eigenvalue weighted by Crippen LogP contribution is -2.51. The third kappa shape index (κ3) is 8.96. The van der Waals surface area contributed by atoms with Crippen LogP contribution in [0.3, 0.4) is 0 Å². The van der Waals surface area contributed by atoms with Gasteiger partial charge in [-0.25, -0.2) is 4.79 Å². The van der Waals surface area contributed by atoms with E-state index in [0.29, 0.717) is 55.6 Å². The smallest absolute Gasteiger partial charge is 0.322 e. The van der Waals surface area contributed by atoms with E-state index in [-0.39, 0.29) is 35.8 Å². The predicted molar refractivity (Wildman–Crippen MR) is 141 cm³/mol. The summed E-state index contributed by atoms with van der Waals surface area (Å²) in [6.07, 6.45) is 4.00. The third-order valence-electron chi connectivity index (χ3n) is 5.32. The first-order valence-corrected chi connectivity index (χ1v) is 12.2. The van der Waals surface area contributed by atoms with Crippen molar-refractivity contribution in [3.63, 3.8) is 0 Å². The van der Waals surface area contributed by atoms with Crippen molar-refractivity contribution in [2.24, 2.45) is 0 Å². The van der Waals surface area contributed by atoms with Gasteiger partial charge in [0.15, 0.2) is 0 Å². The summed E-state index contributed by atoms with van der Waals surface area (Å²) in [5, 5.41) is 6.22. The van der Waals surface area contributed by atoms with Crippen LogP contribution >= 0.6 is 23.2 Å². The second-order valence-corrected chi connectivity index (χ2v) is 8.54. The number of hydrogen-bond acceptors (Lipinski definition) is 5. The van der Waals surface area contributed by atoms with E-state index in [9.17, 15) is 14.4 Å². The standard InChI is InChI=1S/C25H32Cl2N4O4/c1-4-20(26)24(21(27)5-2)29-25(34)31-16-14-30(15-17-31)19-12-10-18(11-13-19)28-22(32)8-7-9-23(33)35-6-3/h4-5,10-13H,1,6-9,14-17H2,2-3H3,(H,28,32)(H,29,34)/b21-5+,24-20-. The van der Waals surface area contributed by atoms with Gasteiger partial charge in [-0.2, -0.15) is 0 Å². The fourth-order valence-electron chi connectivity index (χ4n) is 3.44. The monoisotopic (exact) mass is 522 g/mol. The average molecular weight is 523 g/mol. The van der Waals surface area contributed by atoms with Crippen molar-refractivity contribution in [1.82, 2.24) is 10.2 Å². The average Bonchev–Trinajstić information content (AvgIpc) is 2.87. The molecular weight excluding hydrogens is 491 g/mol. The number of amides is 3. The highest BCUT2D eigenvalue weighted by Crippen LogP contribution is 2.22. The first-order chi connectivity index (χ1) is 16.8. The zero-order chi connectivity index (χ0) is 25.8. The molecule has 1 saturated heterocycles. The van der Waals surface area contributed by atoms with Gasteiger partial charge in [0.05, 0.1) is 22.4 Å². The van der Waals surface area contributed by atoms with E-state index in [1.807, 2.05) is 24.3 Å². The molecule has 1 aromatic carbocycles. The third-order valence-corrected chi connectivity index (χ3v) is 6.07. The highest BCUT2D eigenvalue weighted by atomic mass is 35.5. The summed E-state index contributed by atoms with van der Waals surface area (Å²) in [7, 11) is 0. The van der Waals surface area contributed by atoms with Gasteiger partial charge in [0.2, 0.25) is 5.91 Å². The normalized spacial score (nSPS) is 14.7. The topological polar surface area (TPSA) is 91.0 Å². The number of piperazine rings is 1. The van der Waals surface area contributed by atoms with Gasteiger partial charge in [0, 0.05) is 50.4 Å². The largest absolute Gasteiger partial charge is 0.466 e. The quantitative estimate of drug-likeness (QED) is 0.334. The molecule has 1 aliphatic heterocycles. The lowest BCUT2D eigenvalue weighted by atomic mass is 10.2. The summed E-state index contributed by atoms with van der Waals surface area (Å²) in [4.78, 5) is 40.0. The van der Waals surface area contributed by atoms with Gasteiger partial charge in [-0.1, -0.05) is 35.9 Å². The van der Waals surface area contributed by atoms with Gasteiger partial charge in [0.25, 0.3) is 0 Å². The summed E-state index contributed by atoms with van der Waals surface area (Å²) in [5.74, 6) is -0.439. The molecule has 0 atom stereocenters. The number of carbonyl (C=O) groups excluding carboxylic acids is 3. The number of hydrogen-bond donors (Lipinski definition) is 2. The molecule has 1 aliphatic rings. The van der Waals surface area contributed by atoms with Gasteiger partial charge in [-0.05, 0) is 50.6 Å². The Kier molecular flexibility index (Phi) is 11.7. The minimum Gasteiger partial charge on any atom is -0.466 e. The molecule has 0 radical (unpaired) electrons. The van der Waals surface area contributed by atoms with Gasteiger partial charge in [-0.15, -0.1) is 0 Å². The minimum absolute atomic E-state index is 0.148. The highest BCUT2D eigenvalue weighted by Gasteiger charge is 2.23. The molecule has 35 heavy (non-hydrogen) atoms. The number of esters is 1. The molecule has 190 valence electrons. The fraction of sp³-hybridized carbons (Fsp3) is 0.400. The Morgan fingerprint density at radius 3 is 2.31 bits per heavy atom. The number of allylic oxidation sites excluding steroid dienone is 4. The van der Waals surface area contributed by atoms with Crippen LogP contribution in [-0.2, 0) is 14.3 Å². The maximum Gasteiger partial charge on any atom is 0.322 e. The number of urea groups is 1. The van der Waals surface area contributed by atoms with Gasteiger partial charge < -0.3 is 25.2 Å². The zero-order valence-corrected chi connectivity index (χ0v) is 21.6. The molecule has 0 aliphatic carbocycles. The van der Waals surface area contributed by atoms with Gasteiger partial charge in [-0.3, -0.25) is 9.59 Å². The van der Waals surface area contributed by atoms with E-state index in [2.05, 4.69) is 22.1 Å². The van der Waals surface area contributed by atoms with Crippen LogP contribution in [0.4, 0.5) is 16.2 Å². The number of nitrogens with zero attached hydrogens (tertiary/aromatic N) is 2. The first kappa shape index (κ1) is 28.3. The molecule has 0 unspecified atom stereocenters. The number of halogens is 2. The van der Waals surface area contributed by atoms with Crippen LogP contribution in [0.5, 0.6) is 0 Å². The second-order valence-electron chi connectivity index (χ2n) is 7.72. The summed E-state index contributed by atoms with van der Waals surface area (Å²) in [5.41, 5.74) is 2.02. The number of nitrogens with one attached hydrogen (secondary N) is 2. The van der Waals surface area contributed by atoms with Gasteiger partial charge in [0.1, 0.15) is 0 Å². The summed E-state index contributed by atoms with van der Waals surface area (Å²) in [6.45, 7) is 9.82. The maximum atomic E-state index is 12.7. The SMILES string of the molecule is C=C/C(Cl)=C(NC(=O)N1CCN(c2ccc(NC(=O)CCCC(=O)OCC)cc2)CC1)\C(Cl)=C/C. The highest BCUT2D eigenvalue weighted by molar-refractivity contribution is 6.36. The van der Waals surface area contributed by atoms with Crippen molar-refractivity contribution in [2.45, 2.75) is 33.1 Å². The molecule has 1 heterocycles. The van der Waals surface area contributed by atoms with E-state index in [1.165, 1.54) is 6.08 Å². The maximum absolute atomic E-state index is 12.7. The van der Waals surface area contributed by atoms with E-state index in [0.717, 1.165) is 5.69 Å². The Labute approximate surface area is 216 Å². The second kappa shape index (κ2) is 14.4. The van der Waals surface area contributed by atoms with E-state index in [1.54, 1.807) is 24.8 Å². The van der Waals surface area contributed by atoms with Crippen LogP contribution in [-0.4, -0.2) is 55.6 Å². The molecule has 0 bridgehead atoms. The summed E-state index contributed by atoms with van der Waals surface area (Å²) in [6, 6.07) is 7.26. The van der Waals surface area contributed by atoms with Crippen LogP contribution < -0.4 is 15.5 Å². The van der Waals surface area contributed by atoms with Crippen LogP contribution in [0.1, 0.15) is 33.1 Å². The number of benzene rings is 1. The Bertz CT molecular complexity index is 968. The minimum atomic E-state index is -0.290. The van der Waals surface area contributed by atoms with Crippen LogP contribution in [0.25, 0.3) is 0 Å². The van der Waals surface area contributed by atoms with Crippen LogP contribution in [0.2, 0.25) is 0 Å². The predicted octanol–water partition coefficient (Wildman–Crippen LogP) is 4.97. The molecule has 1 fully saturated rings. The molecule has 10 heteroatoms. The number of carbonyl (C=O) groups is 3. The van der Waals surface area contributed by atoms with Crippen molar-refractivity contribution in [3.8, 4) is 0 Å². The number of anilines is 2. The number of rotatable bonds is 10. The number of ether oxygens (including phenoxy) is 1. The molecule has 0 saturated carbocycles. The zero-order valence-electron chi connectivity index (χ0n) is 20.1. The van der Waals surface area contributed by atoms with E-state index >= 15 is 0 Å². The van der Waals surface area contributed by atoms with E-state index < -0.39 is 0 Å². The van der Waals surface area contributed by atoms with Crippen LogP contribution in [0.15, 0.2) is 58.8 Å². The lowest BCUT2D eigenvalue weighted by molar-refractivity contribution is -0.143. The van der Waals surface area contributed by atoms with Crippen LogP contribution in [0, 0.1) is 0 Å². The Morgan fingerprint density at radius 2 is 1.74 bits per heavy atom. The Balaban J connectivity index is 1.84. The van der Waals surface area contributed by atoms with Gasteiger partial charge >= 0.3 is 12.0 Å². The molecule has 3 amide bonds. The lowest BCUT2D eigenvalue weighted by Gasteiger charge is -2.36. The molecule has 1 aromatic rings. The summed E-state index contributed by atoms with van der Waals surface area (Å²) >= 11 is 12.3. The molecule has 0 aromatic heterocycles.